The molecular formula is C9H12N4O. The van der Waals surface area contributed by atoms with Gasteiger partial charge in [0.15, 0.2) is 5.69 Å². The standard InChI is InChI=1S/C9H12N4O/c1-5-4-6(2)13(12-5)8-7(3)10-11-9(8)14/h4H,1-3H3,(H2,10,11,14). The molecule has 5 nitrogen and oxygen atoms in total. The fraction of sp³-hybridized carbons (Fsp3) is 0.333. The number of H-pyrrole nitrogens is 2. The molecule has 2 aromatic rings. The highest BCUT2D eigenvalue weighted by atomic mass is 16.1. The van der Waals surface area contributed by atoms with Gasteiger partial charge in [0.2, 0.25) is 0 Å². The average molecular weight is 192 g/mol. The first-order chi connectivity index (χ1) is 6.59. The topological polar surface area (TPSA) is 66.5 Å². The molecule has 0 unspecified atom stereocenters. The molecule has 2 N–H and O–H groups in total. The molecule has 14 heavy (non-hydrogen) atoms. The van der Waals surface area contributed by atoms with E-state index in [0.717, 1.165) is 17.1 Å². The van der Waals surface area contributed by atoms with Crippen LogP contribution < -0.4 is 5.56 Å². The van der Waals surface area contributed by atoms with Crippen molar-refractivity contribution >= 4 is 0 Å². The molecule has 0 fully saturated rings. The van der Waals surface area contributed by atoms with E-state index in [0.29, 0.717) is 5.69 Å². The highest BCUT2D eigenvalue weighted by molar-refractivity contribution is 5.34. The molecule has 0 aromatic carbocycles. The minimum Gasteiger partial charge on any atom is -0.300 e. The van der Waals surface area contributed by atoms with Crippen LogP contribution in [0.5, 0.6) is 0 Å². The Morgan fingerprint density at radius 1 is 1.29 bits per heavy atom. The van der Waals surface area contributed by atoms with Crippen LogP contribution in [0.1, 0.15) is 17.1 Å². The monoisotopic (exact) mass is 192 g/mol. The molecule has 0 saturated heterocycles. The Labute approximate surface area is 80.7 Å². The summed E-state index contributed by atoms with van der Waals surface area (Å²) in [7, 11) is 0. The Bertz CT molecular complexity index is 517. The minimum atomic E-state index is -0.145. The average Bonchev–Trinajstić information content (AvgIpc) is 2.57. The molecule has 0 atom stereocenters. The summed E-state index contributed by atoms with van der Waals surface area (Å²) >= 11 is 0. The van der Waals surface area contributed by atoms with Crippen LogP contribution >= 0.6 is 0 Å². The van der Waals surface area contributed by atoms with Gasteiger partial charge in [-0.15, -0.1) is 0 Å². The van der Waals surface area contributed by atoms with E-state index in [-0.39, 0.29) is 5.56 Å². The van der Waals surface area contributed by atoms with Crippen molar-refractivity contribution in [2.75, 3.05) is 0 Å². The molecule has 0 spiro atoms. The zero-order chi connectivity index (χ0) is 10.3. The molecule has 2 rings (SSSR count). The van der Waals surface area contributed by atoms with Crippen molar-refractivity contribution in [1.29, 1.82) is 0 Å². The molecule has 0 radical (unpaired) electrons. The van der Waals surface area contributed by atoms with Crippen molar-refractivity contribution in [3.8, 4) is 5.69 Å². The van der Waals surface area contributed by atoms with Gasteiger partial charge in [-0.1, -0.05) is 0 Å². The first-order valence-electron chi connectivity index (χ1n) is 4.40. The van der Waals surface area contributed by atoms with Crippen LogP contribution in [0.3, 0.4) is 0 Å². The Hall–Kier alpha value is -1.78. The third-order valence-corrected chi connectivity index (χ3v) is 2.16. The molecule has 0 aliphatic heterocycles. The lowest BCUT2D eigenvalue weighted by atomic mass is 10.3. The minimum absolute atomic E-state index is 0.145. The summed E-state index contributed by atoms with van der Waals surface area (Å²) in [4.78, 5) is 11.5. The van der Waals surface area contributed by atoms with Crippen molar-refractivity contribution in [2.24, 2.45) is 0 Å². The number of rotatable bonds is 1. The summed E-state index contributed by atoms with van der Waals surface area (Å²) in [5.74, 6) is 0. The predicted molar refractivity (Wildman–Crippen MR) is 52.7 cm³/mol. The molecule has 5 heteroatoms. The number of aryl methyl sites for hydroxylation is 3. The molecule has 0 aliphatic rings. The van der Waals surface area contributed by atoms with Gasteiger partial charge in [0.25, 0.3) is 5.56 Å². The van der Waals surface area contributed by atoms with Gasteiger partial charge in [-0.3, -0.25) is 9.89 Å². The number of aromatic nitrogens is 4. The summed E-state index contributed by atoms with van der Waals surface area (Å²) in [6.07, 6.45) is 0. The Kier molecular flexibility index (Phi) is 1.80. The van der Waals surface area contributed by atoms with E-state index < -0.39 is 0 Å². The zero-order valence-electron chi connectivity index (χ0n) is 8.38. The second kappa shape index (κ2) is 2.87. The van der Waals surface area contributed by atoms with E-state index >= 15 is 0 Å². The maximum atomic E-state index is 11.5. The number of hydrogen-bond acceptors (Lipinski definition) is 2. The number of hydrogen-bond donors (Lipinski definition) is 2. The van der Waals surface area contributed by atoms with Crippen molar-refractivity contribution < 1.29 is 0 Å². The maximum Gasteiger partial charge on any atom is 0.290 e. The van der Waals surface area contributed by atoms with Crippen LogP contribution in [0.25, 0.3) is 5.69 Å². The molecule has 0 saturated carbocycles. The molecule has 2 aromatic heterocycles. The van der Waals surface area contributed by atoms with Gasteiger partial charge < -0.3 is 5.10 Å². The summed E-state index contributed by atoms with van der Waals surface area (Å²) < 4.78 is 1.65. The van der Waals surface area contributed by atoms with Gasteiger partial charge in [-0.05, 0) is 26.8 Å². The Balaban J connectivity index is 2.71. The van der Waals surface area contributed by atoms with Gasteiger partial charge >= 0.3 is 0 Å². The van der Waals surface area contributed by atoms with Gasteiger partial charge in [0.1, 0.15) is 0 Å². The van der Waals surface area contributed by atoms with Crippen LogP contribution in [0, 0.1) is 20.8 Å². The van der Waals surface area contributed by atoms with E-state index in [1.807, 2.05) is 26.8 Å². The summed E-state index contributed by atoms with van der Waals surface area (Å²) in [5.41, 5.74) is 3.07. The quantitative estimate of drug-likeness (QED) is 0.702. The Morgan fingerprint density at radius 3 is 2.43 bits per heavy atom. The van der Waals surface area contributed by atoms with E-state index in [4.69, 9.17) is 0 Å². The lowest BCUT2D eigenvalue weighted by Crippen LogP contribution is -2.11. The molecular weight excluding hydrogens is 180 g/mol. The molecule has 2 heterocycles. The second-order valence-corrected chi connectivity index (χ2v) is 3.39. The van der Waals surface area contributed by atoms with Crippen LogP contribution in [0.15, 0.2) is 10.9 Å². The summed E-state index contributed by atoms with van der Waals surface area (Å²) in [6.45, 7) is 5.66. The second-order valence-electron chi connectivity index (χ2n) is 3.39. The Morgan fingerprint density at radius 2 is 2.00 bits per heavy atom. The van der Waals surface area contributed by atoms with Crippen molar-refractivity contribution in [2.45, 2.75) is 20.8 Å². The molecule has 0 bridgehead atoms. The smallest absolute Gasteiger partial charge is 0.290 e. The lowest BCUT2D eigenvalue weighted by Gasteiger charge is -1.99. The van der Waals surface area contributed by atoms with E-state index in [9.17, 15) is 4.79 Å². The summed E-state index contributed by atoms with van der Waals surface area (Å²) in [5, 5.41) is 9.56. The van der Waals surface area contributed by atoms with Crippen molar-refractivity contribution in [3.05, 3.63) is 33.5 Å². The normalized spacial score (nSPS) is 10.8. The van der Waals surface area contributed by atoms with Crippen molar-refractivity contribution in [3.63, 3.8) is 0 Å². The van der Waals surface area contributed by atoms with Crippen molar-refractivity contribution in [1.82, 2.24) is 20.0 Å². The van der Waals surface area contributed by atoms with E-state index in [1.165, 1.54) is 0 Å². The number of nitrogens with zero attached hydrogens (tertiary/aromatic N) is 2. The van der Waals surface area contributed by atoms with Gasteiger partial charge in [0.05, 0.1) is 11.4 Å². The highest BCUT2D eigenvalue weighted by Gasteiger charge is 2.11. The van der Waals surface area contributed by atoms with Gasteiger partial charge in [0, 0.05) is 5.69 Å². The highest BCUT2D eigenvalue weighted by Crippen LogP contribution is 2.09. The van der Waals surface area contributed by atoms with Crippen LogP contribution in [-0.4, -0.2) is 20.0 Å². The van der Waals surface area contributed by atoms with Crippen LogP contribution in [0.4, 0.5) is 0 Å². The first kappa shape index (κ1) is 8.80. The number of nitrogens with one attached hydrogen (secondary N) is 2. The zero-order valence-corrected chi connectivity index (χ0v) is 8.38. The maximum absolute atomic E-state index is 11.5. The molecule has 0 aliphatic carbocycles. The van der Waals surface area contributed by atoms with Gasteiger partial charge in [-0.25, -0.2) is 4.68 Å². The van der Waals surface area contributed by atoms with Crippen LogP contribution in [0.2, 0.25) is 0 Å². The lowest BCUT2D eigenvalue weighted by molar-refractivity contribution is 0.822. The predicted octanol–water partition coefficient (Wildman–Crippen LogP) is 0.814. The van der Waals surface area contributed by atoms with Crippen LogP contribution in [-0.2, 0) is 0 Å². The fourth-order valence-electron chi connectivity index (χ4n) is 1.55. The van der Waals surface area contributed by atoms with E-state index in [2.05, 4.69) is 15.3 Å². The largest absolute Gasteiger partial charge is 0.300 e. The molecule has 0 amide bonds. The first-order valence-corrected chi connectivity index (χ1v) is 4.40. The fourth-order valence-corrected chi connectivity index (χ4v) is 1.55. The number of aromatic amines is 2. The third kappa shape index (κ3) is 1.17. The summed E-state index contributed by atoms with van der Waals surface area (Å²) in [6, 6.07) is 1.94. The SMILES string of the molecule is Cc1cc(C)n(-c2c(C)[nH][nH]c2=O)n1. The third-order valence-electron chi connectivity index (χ3n) is 2.16. The van der Waals surface area contributed by atoms with E-state index in [1.54, 1.807) is 4.68 Å². The molecule has 74 valence electrons. The van der Waals surface area contributed by atoms with Gasteiger partial charge in [-0.2, -0.15) is 5.10 Å².